The Kier molecular flexibility index (Phi) is 7.96. The van der Waals surface area contributed by atoms with Crippen LogP contribution in [0.3, 0.4) is 0 Å². The molecule has 1 aromatic rings. The summed E-state index contributed by atoms with van der Waals surface area (Å²) in [5.41, 5.74) is -1.41. The van der Waals surface area contributed by atoms with Gasteiger partial charge in [-0.2, -0.15) is 31.6 Å². The molecule has 2 amide bonds. The smallest absolute Gasteiger partial charge is 0.381 e. The molecule has 0 bridgehead atoms. The molecule has 1 saturated heterocycles. The van der Waals surface area contributed by atoms with Gasteiger partial charge in [-0.3, -0.25) is 9.59 Å². The van der Waals surface area contributed by atoms with Crippen LogP contribution >= 0.6 is 0 Å². The normalized spacial score (nSPS) is 24.4. The molecule has 2 aliphatic heterocycles. The van der Waals surface area contributed by atoms with Crippen molar-refractivity contribution in [1.29, 1.82) is 5.26 Å². The van der Waals surface area contributed by atoms with Gasteiger partial charge in [0.05, 0.1) is 22.6 Å². The quantitative estimate of drug-likeness (QED) is 0.474. The van der Waals surface area contributed by atoms with E-state index in [0.29, 0.717) is 5.56 Å². The molecule has 2 fully saturated rings. The van der Waals surface area contributed by atoms with E-state index in [1.807, 2.05) is 6.07 Å². The summed E-state index contributed by atoms with van der Waals surface area (Å²) in [6, 6.07) is 2.15. The highest BCUT2D eigenvalue weighted by molar-refractivity contribution is 5.85. The molecule has 12 heteroatoms. The summed E-state index contributed by atoms with van der Waals surface area (Å²) in [6.45, 7) is 4.14. The van der Waals surface area contributed by atoms with Crippen LogP contribution in [-0.4, -0.2) is 59.6 Å². The monoisotopic (exact) mass is 559 g/mol. The van der Waals surface area contributed by atoms with E-state index < -0.39 is 41.3 Å². The van der Waals surface area contributed by atoms with Gasteiger partial charge in [-0.25, -0.2) is 0 Å². The summed E-state index contributed by atoms with van der Waals surface area (Å²) in [6.07, 6.45) is -8.48. The summed E-state index contributed by atoms with van der Waals surface area (Å²) in [5.74, 6) is -2.54. The predicted molar refractivity (Wildman–Crippen MR) is 127 cm³/mol. The SMILES string of the molecule is CC(C)[C@]1(C(=O)N2CCc3c(C#N)cc(C(F)(F)F)cc3C2)CC[C@@H](N(C(=O)C(F)(F)F)C2CCOCC2)C1. The molecule has 39 heavy (non-hydrogen) atoms. The number of hydrogen-bond acceptors (Lipinski definition) is 4. The van der Waals surface area contributed by atoms with Gasteiger partial charge in [-0.15, -0.1) is 0 Å². The number of carbonyl (C=O) groups is 2. The molecule has 0 aromatic heterocycles. The average molecular weight is 560 g/mol. The van der Waals surface area contributed by atoms with Crippen LogP contribution in [0, 0.1) is 22.7 Å². The molecule has 3 aliphatic rings. The maximum absolute atomic E-state index is 14.0. The van der Waals surface area contributed by atoms with Crippen molar-refractivity contribution < 1.29 is 40.7 Å². The third-order valence-corrected chi connectivity index (χ3v) is 8.58. The van der Waals surface area contributed by atoms with E-state index >= 15 is 0 Å². The lowest BCUT2D eigenvalue weighted by atomic mass is 9.73. The first-order valence-electron chi connectivity index (χ1n) is 13.1. The van der Waals surface area contributed by atoms with Crippen LogP contribution < -0.4 is 0 Å². The van der Waals surface area contributed by atoms with Crippen molar-refractivity contribution in [3.63, 3.8) is 0 Å². The minimum absolute atomic E-state index is 0.0398. The number of benzene rings is 1. The van der Waals surface area contributed by atoms with E-state index in [4.69, 9.17) is 4.74 Å². The van der Waals surface area contributed by atoms with Crippen molar-refractivity contribution in [2.45, 2.75) is 83.4 Å². The van der Waals surface area contributed by atoms with Crippen molar-refractivity contribution in [2.75, 3.05) is 19.8 Å². The zero-order valence-corrected chi connectivity index (χ0v) is 21.8. The third kappa shape index (κ3) is 5.60. The first kappa shape index (κ1) is 29.2. The molecule has 214 valence electrons. The lowest BCUT2D eigenvalue weighted by Gasteiger charge is -2.42. The molecule has 4 rings (SSSR count). The largest absolute Gasteiger partial charge is 0.471 e. The van der Waals surface area contributed by atoms with Gasteiger partial charge in [-0.05, 0) is 67.7 Å². The third-order valence-electron chi connectivity index (χ3n) is 8.58. The van der Waals surface area contributed by atoms with E-state index in [-0.39, 0.29) is 87.8 Å². The molecule has 1 saturated carbocycles. The van der Waals surface area contributed by atoms with Crippen LogP contribution in [0.25, 0.3) is 0 Å². The van der Waals surface area contributed by atoms with Crippen LogP contribution in [0.2, 0.25) is 0 Å². The van der Waals surface area contributed by atoms with Crippen molar-refractivity contribution in [1.82, 2.24) is 9.80 Å². The number of alkyl halides is 6. The Morgan fingerprint density at radius 1 is 1.10 bits per heavy atom. The van der Waals surface area contributed by atoms with E-state index in [0.717, 1.165) is 17.0 Å². The van der Waals surface area contributed by atoms with E-state index in [1.165, 1.54) is 4.90 Å². The second kappa shape index (κ2) is 10.6. The second-order valence-electron chi connectivity index (χ2n) is 11.0. The fourth-order valence-electron chi connectivity index (χ4n) is 6.44. The lowest BCUT2D eigenvalue weighted by molar-refractivity contribution is -0.192. The molecule has 1 aliphatic carbocycles. The van der Waals surface area contributed by atoms with Gasteiger partial charge in [0.25, 0.3) is 0 Å². The Morgan fingerprint density at radius 2 is 1.77 bits per heavy atom. The summed E-state index contributed by atoms with van der Waals surface area (Å²) < 4.78 is 86.5. The van der Waals surface area contributed by atoms with Gasteiger partial charge >= 0.3 is 18.3 Å². The Bertz CT molecular complexity index is 1150. The Balaban J connectivity index is 1.62. The number of fused-ring (bicyclic) bond motifs is 1. The Hall–Kier alpha value is -2.81. The van der Waals surface area contributed by atoms with Crippen LogP contribution in [-0.2, 0) is 33.5 Å². The summed E-state index contributed by atoms with van der Waals surface area (Å²) >= 11 is 0. The first-order valence-corrected chi connectivity index (χ1v) is 13.1. The summed E-state index contributed by atoms with van der Waals surface area (Å²) in [4.78, 5) is 28.9. The van der Waals surface area contributed by atoms with Gasteiger partial charge < -0.3 is 14.5 Å². The number of halogens is 6. The molecule has 0 spiro atoms. The topological polar surface area (TPSA) is 73.6 Å². The van der Waals surface area contributed by atoms with E-state index in [9.17, 15) is 41.2 Å². The van der Waals surface area contributed by atoms with Crippen molar-refractivity contribution >= 4 is 11.8 Å². The fourth-order valence-corrected chi connectivity index (χ4v) is 6.44. The van der Waals surface area contributed by atoms with E-state index in [2.05, 4.69) is 0 Å². The Morgan fingerprint density at radius 3 is 2.33 bits per heavy atom. The number of nitriles is 1. The molecule has 2 atom stereocenters. The minimum Gasteiger partial charge on any atom is -0.381 e. The number of rotatable bonds is 4. The van der Waals surface area contributed by atoms with Gasteiger partial charge in [0, 0.05) is 38.4 Å². The lowest BCUT2D eigenvalue weighted by Crippen LogP contribution is -2.54. The van der Waals surface area contributed by atoms with Gasteiger partial charge in [-0.1, -0.05) is 13.8 Å². The zero-order valence-electron chi connectivity index (χ0n) is 21.8. The minimum atomic E-state index is -5.06. The number of hydrogen-bond donors (Lipinski definition) is 0. The second-order valence-corrected chi connectivity index (χ2v) is 11.0. The Labute approximate surface area is 222 Å². The highest BCUT2D eigenvalue weighted by atomic mass is 19.4. The van der Waals surface area contributed by atoms with Crippen LogP contribution in [0.15, 0.2) is 12.1 Å². The average Bonchev–Trinajstić information content (AvgIpc) is 3.33. The van der Waals surface area contributed by atoms with Crippen LogP contribution in [0.5, 0.6) is 0 Å². The van der Waals surface area contributed by atoms with Gasteiger partial charge in [0.1, 0.15) is 0 Å². The zero-order chi connectivity index (χ0) is 28.8. The predicted octanol–water partition coefficient (Wildman–Crippen LogP) is 5.23. The number of ether oxygens (including phenoxy) is 1. The molecule has 2 heterocycles. The van der Waals surface area contributed by atoms with Crippen molar-refractivity contribution in [2.24, 2.45) is 11.3 Å². The highest BCUT2D eigenvalue weighted by Crippen LogP contribution is 2.49. The maximum Gasteiger partial charge on any atom is 0.471 e. The van der Waals surface area contributed by atoms with Crippen LogP contribution in [0.1, 0.15) is 68.2 Å². The molecule has 1 aromatic carbocycles. The molecule has 6 nitrogen and oxygen atoms in total. The molecule has 0 N–H and O–H groups in total. The van der Waals surface area contributed by atoms with Crippen molar-refractivity contribution in [3.05, 3.63) is 34.4 Å². The molecule has 0 unspecified atom stereocenters. The molecular weight excluding hydrogens is 528 g/mol. The number of carbonyl (C=O) groups excluding carboxylic acids is 2. The van der Waals surface area contributed by atoms with Gasteiger partial charge in [0.15, 0.2) is 0 Å². The standard InChI is InChI=1S/C27H31F6N3O3/c1-16(2)25(7-3-21(13-25)36(24(38)27(31,32)33)20-5-9-39-10-6-20)23(37)35-8-4-22-17(14-34)11-19(26(28,29)30)12-18(22)15-35/h11-12,16,20-21H,3-10,13,15H2,1-2H3/t21-,25+/m1/s1. The maximum atomic E-state index is 14.0. The fraction of sp³-hybridized carbons (Fsp3) is 0.667. The van der Waals surface area contributed by atoms with Crippen LogP contribution in [0.4, 0.5) is 26.3 Å². The van der Waals surface area contributed by atoms with Gasteiger partial charge in [0.2, 0.25) is 5.91 Å². The van der Waals surface area contributed by atoms with E-state index in [1.54, 1.807) is 13.8 Å². The first-order chi connectivity index (χ1) is 18.2. The summed E-state index contributed by atoms with van der Waals surface area (Å²) in [7, 11) is 0. The highest BCUT2D eigenvalue weighted by Gasteiger charge is 2.55. The number of nitrogens with zero attached hydrogens (tertiary/aromatic N) is 3. The molecule has 0 radical (unpaired) electrons. The van der Waals surface area contributed by atoms with Crippen molar-refractivity contribution in [3.8, 4) is 6.07 Å². The number of amides is 2. The summed E-state index contributed by atoms with van der Waals surface area (Å²) in [5, 5.41) is 9.42. The molecular formula is C27H31F6N3O3.